The number of hydrogen-bond donors (Lipinski definition) is 0. The first kappa shape index (κ1) is 16.0. The van der Waals surface area contributed by atoms with Crippen LogP contribution in [0, 0.1) is 6.92 Å². The number of rotatable bonds is 3. The normalized spacial score (nSPS) is 17.0. The third-order valence-electron chi connectivity index (χ3n) is 5.14. The van der Waals surface area contributed by atoms with E-state index in [0.717, 1.165) is 24.1 Å². The molecule has 4 rings (SSSR count). The molecule has 0 bridgehead atoms. The molecule has 0 saturated heterocycles. The van der Waals surface area contributed by atoms with Crippen LogP contribution < -0.4 is 5.56 Å². The van der Waals surface area contributed by atoms with Gasteiger partial charge in [-0.05, 0) is 56.0 Å². The van der Waals surface area contributed by atoms with Crippen LogP contribution in [0.4, 0.5) is 0 Å². The minimum absolute atomic E-state index is 0.0128. The average Bonchev–Trinajstić information content (AvgIpc) is 2.62. The molecule has 0 saturated carbocycles. The molecule has 0 N–H and O–H groups in total. The first-order chi connectivity index (χ1) is 12.1. The molecule has 0 aliphatic heterocycles. The lowest BCUT2D eigenvalue weighted by Gasteiger charge is -2.33. The predicted octanol–water partition coefficient (Wildman–Crippen LogP) is 3.51. The molecule has 25 heavy (non-hydrogen) atoms. The van der Waals surface area contributed by atoms with Gasteiger partial charge in [-0.3, -0.25) is 14.1 Å². The fraction of sp³-hybridized carbons (Fsp3) is 0.333. The summed E-state index contributed by atoms with van der Waals surface area (Å²) in [5.74, 6) is 0. The Morgan fingerprint density at radius 3 is 2.96 bits per heavy atom. The van der Waals surface area contributed by atoms with Crippen LogP contribution >= 0.6 is 0 Å². The molecule has 4 nitrogen and oxygen atoms in total. The van der Waals surface area contributed by atoms with Gasteiger partial charge in [0.25, 0.3) is 5.56 Å². The van der Waals surface area contributed by atoms with Gasteiger partial charge >= 0.3 is 0 Å². The van der Waals surface area contributed by atoms with E-state index in [4.69, 9.17) is 0 Å². The van der Waals surface area contributed by atoms with Crippen molar-refractivity contribution in [1.29, 1.82) is 0 Å². The number of fused-ring (bicyclic) bond motifs is 2. The minimum atomic E-state index is -0.0128. The van der Waals surface area contributed by atoms with Crippen LogP contribution in [0.2, 0.25) is 0 Å². The maximum atomic E-state index is 12.4. The molecule has 1 aliphatic rings. The van der Waals surface area contributed by atoms with E-state index < -0.39 is 0 Å². The van der Waals surface area contributed by atoms with Gasteiger partial charge in [-0.15, -0.1) is 0 Å². The zero-order valence-electron chi connectivity index (χ0n) is 14.8. The van der Waals surface area contributed by atoms with E-state index >= 15 is 0 Å². The molecule has 2 aromatic heterocycles. The van der Waals surface area contributed by atoms with Gasteiger partial charge in [0.1, 0.15) is 5.65 Å². The lowest BCUT2D eigenvalue weighted by atomic mass is 9.87. The summed E-state index contributed by atoms with van der Waals surface area (Å²) in [6, 6.07) is 14.7. The van der Waals surface area contributed by atoms with E-state index in [1.165, 1.54) is 17.5 Å². The van der Waals surface area contributed by atoms with E-state index in [-0.39, 0.29) is 5.56 Å². The zero-order valence-corrected chi connectivity index (χ0v) is 14.8. The molecular formula is C21H23N3O. The molecule has 128 valence electrons. The summed E-state index contributed by atoms with van der Waals surface area (Å²) < 4.78 is 1.62. The average molecular weight is 333 g/mol. The second-order valence-corrected chi connectivity index (χ2v) is 7.04. The fourth-order valence-electron chi connectivity index (χ4n) is 3.89. The Hall–Kier alpha value is -2.46. The monoisotopic (exact) mass is 333 g/mol. The maximum absolute atomic E-state index is 12.4. The molecule has 4 heteroatoms. The van der Waals surface area contributed by atoms with E-state index in [1.54, 1.807) is 10.5 Å². The molecule has 0 amide bonds. The molecule has 1 atom stereocenters. The number of nitrogens with zero attached hydrogens (tertiary/aromatic N) is 3. The Balaban J connectivity index is 1.63. The largest absolute Gasteiger partial charge is 0.294 e. The Bertz CT molecular complexity index is 976. The minimum Gasteiger partial charge on any atom is -0.294 e. The zero-order chi connectivity index (χ0) is 17.4. The van der Waals surface area contributed by atoms with E-state index in [2.05, 4.69) is 41.2 Å². The lowest BCUT2D eigenvalue weighted by molar-refractivity contribution is 0.211. The first-order valence-electron chi connectivity index (χ1n) is 8.89. The van der Waals surface area contributed by atoms with Crippen LogP contribution in [0.5, 0.6) is 0 Å². The maximum Gasteiger partial charge on any atom is 0.258 e. The summed E-state index contributed by atoms with van der Waals surface area (Å²) in [4.78, 5) is 19.4. The lowest BCUT2D eigenvalue weighted by Crippen LogP contribution is -2.28. The van der Waals surface area contributed by atoms with Crippen LogP contribution in [0.3, 0.4) is 0 Å². The predicted molar refractivity (Wildman–Crippen MR) is 99.8 cm³/mol. The van der Waals surface area contributed by atoms with Gasteiger partial charge in [-0.1, -0.05) is 30.3 Å². The molecule has 0 spiro atoms. The number of aromatic nitrogens is 2. The summed E-state index contributed by atoms with van der Waals surface area (Å²) in [6.07, 6.45) is 5.36. The van der Waals surface area contributed by atoms with Crippen molar-refractivity contribution in [2.75, 3.05) is 7.05 Å². The van der Waals surface area contributed by atoms with Crippen molar-refractivity contribution in [1.82, 2.24) is 14.3 Å². The van der Waals surface area contributed by atoms with Crippen molar-refractivity contribution in [2.45, 2.75) is 38.8 Å². The van der Waals surface area contributed by atoms with Crippen molar-refractivity contribution in [2.24, 2.45) is 0 Å². The van der Waals surface area contributed by atoms with Crippen LogP contribution in [0.15, 0.2) is 53.5 Å². The fourth-order valence-corrected chi connectivity index (χ4v) is 3.89. The molecule has 3 aromatic rings. The molecule has 1 aromatic carbocycles. The van der Waals surface area contributed by atoms with Gasteiger partial charge in [0.15, 0.2) is 0 Å². The van der Waals surface area contributed by atoms with Gasteiger partial charge in [0.2, 0.25) is 0 Å². The van der Waals surface area contributed by atoms with Crippen LogP contribution in [0.1, 0.15) is 41.3 Å². The Kier molecular flexibility index (Phi) is 4.14. The van der Waals surface area contributed by atoms with Crippen molar-refractivity contribution in [3.8, 4) is 0 Å². The second-order valence-electron chi connectivity index (χ2n) is 7.04. The molecule has 1 unspecified atom stereocenters. The van der Waals surface area contributed by atoms with Gasteiger partial charge in [0.05, 0.1) is 5.69 Å². The summed E-state index contributed by atoms with van der Waals surface area (Å²) in [5.41, 5.74) is 5.46. The number of aryl methyl sites for hydroxylation is 2. The van der Waals surface area contributed by atoms with E-state index in [9.17, 15) is 4.79 Å². The highest BCUT2D eigenvalue weighted by Crippen LogP contribution is 2.33. The summed E-state index contributed by atoms with van der Waals surface area (Å²) in [5, 5.41) is 0. The highest BCUT2D eigenvalue weighted by atomic mass is 16.1. The van der Waals surface area contributed by atoms with Gasteiger partial charge in [-0.25, -0.2) is 4.98 Å². The highest BCUT2D eigenvalue weighted by molar-refractivity contribution is 5.40. The van der Waals surface area contributed by atoms with E-state index in [0.29, 0.717) is 18.2 Å². The van der Waals surface area contributed by atoms with Gasteiger partial charge in [0, 0.05) is 24.8 Å². The topological polar surface area (TPSA) is 37.6 Å². The molecular weight excluding hydrogens is 310 g/mol. The standard InChI is InChI=1S/C21H23N3O/c1-15-10-11-20-22-17(12-21(25)24(20)13-15)14-23(2)19-9-5-7-16-6-3-4-8-18(16)19/h3-4,6,8,10-13,19H,5,7,9,14H2,1-2H3. The Morgan fingerprint density at radius 2 is 2.08 bits per heavy atom. The first-order valence-corrected chi connectivity index (χ1v) is 8.89. The van der Waals surface area contributed by atoms with Crippen molar-refractivity contribution in [3.05, 3.63) is 81.4 Å². The Labute approximate surface area is 147 Å². The quantitative estimate of drug-likeness (QED) is 0.736. The van der Waals surface area contributed by atoms with Gasteiger partial charge in [-0.2, -0.15) is 0 Å². The van der Waals surface area contributed by atoms with Gasteiger partial charge < -0.3 is 0 Å². The summed E-state index contributed by atoms with van der Waals surface area (Å²) in [7, 11) is 2.13. The summed E-state index contributed by atoms with van der Waals surface area (Å²) >= 11 is 0. The Morgan fingerprint density at radius 1 is 1.24 bits per heavy atom. The van der Waals surface area contributed by atoms with Crippen molar-refractivity contribution >= 4 is 5.65 Å². The number of pyridine rings is 1. The van der Waals surface area contributed by atoms with Crippen LogP contribution in [-0.2, 0) is 13.0 Å². The number of benzene rings is 1. The molecule has 0 fully saturated rings. The molecule has 2 heterocycles. The second kappa shape index (κ2) is 6.45. The van der Waals surface area contributed by atoms with E-state index in [1.807, 2.05) is 25.3 Å². The van der Waals surface area contributed by atoms with Crippen molar-refractivity contribution < 1.29 is 0 Å². The molecule has 0 radical (unpaired) electrons. The SMILES string of the molecule is Cc1ccc2nc(CN(C)C3CCCc4ccccc43)cc(=O)n2c1. The summed E-state index contributed by atoms with van der Waals surface area (Å²) in [6.45, 7) is 2.66. The van der Waals surface area contributed by atoms with Crippen LogP contribution in [0.25, 0.3) is 5.65 Å². The third kappa shape index (κ3) is 3.10. The highest BCUT2D eigenvalue weighted by Gasteiger charge is 2.23. The van der Waals surface area contributed by atoms with Crippen molar-refractivity contribution in [3.63, 3.8) is 0 Å². The third-order valence-corrected chi connectivity index (χ3v) is 5.14. The van der Waals surface area contributed by atoms with Crippen LogP contribution in [-0.4, -0.2) is 21.3 Å². The number of hydrogen-bond acceptors (Lipinski definition) is 3. The smallest absolute Gasteiger partial charge is 0.258 e. The molecule has 1 aliphatic carbocycles.